The van der Waals surface area contributed by atoms with Gasteiger partial charge in [0.05, 0.1) is 13.2 Å². The van der Waals surface area contributed by atoms with Crippen LogP contribution in [0.4, 0.5) is 0 Å². The Morgan fingerprint density at radius 3 is 2.79 bits per heavy atom. The van der Waals surface area contributed by atoms with Gasteiger partial charge in [-0.15, -0.1) is 0 Å². The summed E-state index contributed by atoms with van der Waals surface area (Å²) in [5.74, 6) is -0.228. The fourth-order valence-corrected chi connectivity index (χ4v) is 2.12. The number of rotatable bonds is 2. The van der Waals surface area contributed by atoms with Crippen molar-refractivity contribution < 1.29 is 14.6 Å². The van der Waals surface area contributed by atoms with Gasteiger partial charge < -0.3 is 15.2 Å². The van der Waals surface area contributed by atoms with Crippen molar-refractivity contribution in [2.45, 2.75) is 24.6 Å². The van der Waals surface area contributed by atoms with E-state index in [1.807, 2.05) is 4.90 Å². The van der Waals surface area contributed by atoms with Gasteiger partial charge in [0, 0.05) is 32.1 Å². The topological polar surface area (TPSA) is 61.8 Å². The zero-order valence-corrected chi connectivity index (χ0v) is 8.27. The third-order valence-electron chi connectivity index (χ3n) is 3.02. The molecule has 0 aromatic heterocycles. The van der Waals surface area contributed by atoms with Gasteiger partial charge in [-0.2, -0.15) is 0 Å². The number of nitrogens with zero attached hydrogens (tertiary/aromatic N) is 1. The summed E-state index contributed by atoms with van der Waals surface area (Å²) < 4.78 is 4.72. The Kier molecular flexibility index (Phi) is 2.71. The Labute approximate surface area is 83.0 Å². The second-order valence-corrected chi connectivity index (χ2v) is 3.94. The van der Waals surface area contributed by atoms with Gasteiger partial charge in [-0.3, -0.25) is 9.69 Å². The molecule has 80 valence electrons. The Balaban J connectivity index is 2.01. The zero-order valence-electron chi connectivity index (χ0n) is 8.27. The fourth-order valence-electron chi connectivity index (χ4n) is 2.12. The molecule has 0 radical (unpaired) electrons. The summed E-state index contributed by atoms with van der Waals surface area (Å²) in [4.78, 5) is 13.5. The van der Waals surface area contributed by atoms with Crippen LogP contribution in [0.2, 0.25) is 0 Å². The lowest BCUT2D eigenvalue weighted by Crippen LogP contribution is -2.59. The molecule has 2 aliphatic heterocycles. The van der Waals surface area contributed by atoms with Crippen LogP contribution in [0, 0.1) is 0 Å². The maximum atomic E-state index is 11.4. The maximum Gasteiger partial charge on any atom is 0.323 e. The highest BCUT2D eigenvalue weighted by molar-refractivity contribution is 5.76. The molecule has 0 amide bonds. The number of methoxy groups -OCH3 is 1. The number of nitrogens with one attached hydrogen (secondary N) is 1. The number of aliphatic hydroxyl groups is 1. The van der Waals surface area contributed by atoms with Crippen LogP contribution in [0.1, 0.15) is 6.42 Å². The summed E-state index contributed by atoms with van der Waals surface area (Å²) in [6.07, 6.45) is 0.114. The monoisotopic (exact) mass is 200 g/mol. The molecule has 2 N–H and O–H groups in total. The number of likely N-dealkylation sites (tertiary alicyclic amines) is 1. The lowest BCUT2D eigenvalue weighted by atomic mass is 10.1. The predicted octanol–water partition coefficient (Wildman–Crippen LogP) is -1.43. The second-order valence-electron chi connectivity index (χ2n) is 3.94. The van der Waals surface area contributed by atoms with Gasteiger partial charge in [0.25, 0.3) is 0 Å². The second kappa shape index (κ2) is 3.84. The molecule has 0 saturated carbocycles. The van der Waals surface area contributed by atoms with Crippen LogP contribution < -0.4 is 5.32 Å². The Hall–Kier alpha value is -0.650. The van der Waals surface area contributed by atoms with Gasteiger partial charge in [0.15, 0.2) is 0 Å². The fraction of sp³-hybridized carbons (Fsp3) is 0.889. The van der Waals surface area contributed by atoms with Crippen molar-refractivity contribution in [3.05, 3.63) is 0 Å². The minimum atomic E-state index is -0.389. The molecule has 0 unspecified atom stereocenters. The van der Waals surface area contributed by atoms with E-state index in [1.54, 1.807) is 0 Å². The molecule has 2 atom stereocenters. The van der Waals surface area contributed by atoms with Gasteiger partial charge in [-0.1, -0.05) is 0 Å². The molecule has 0 spiro atoms. The summed E-state index contributed by atoms with van der Waals surface area (Å²) >= 11 is 0. The van der Waals surface area contributed by atoms with Gasteiger partial charge >= 0.3 is 5.97 Å². The third kappa shape index (κ3) is 1.63. The minimum Gasteiger partial charge on any atom is -0.468 e. The van der Waals surface area contributed by atoms with Gasteiger partial charge in [-0.05, 0) is 0 Å². The molecule has 2 aliphatic rings. The molecule has 2 saturated heterocycles. The first-order valence-corrected chi connectivity index (χ1v) is 4.94. The van der Waals surface area contributed by atoms with Crippen molar-refractivity contribution in [2.75, 3.05) is 26.7 Å². The summed E-state index contributed by atoms with van der Waals surface area (Å²) in [6.45, 7) is 2.40. The molecule has 2 rings (SSSR count). The van der Waals surface area contributed by atoms with Gasteiger partial charge in [-0.25, -0.2) is 0 Å². The van der Waals surface area contributed by atoms with Crippen molar-refractivity contribution in [1.29, 1.82) is 0 Å². The molecule has 2 heterocycles. The molecule has 5 heteroatoms. The number of carbonyl (C=O) groups excluding carboxylic acids is 1. The molecular formula is C9H16N2O3. The number of esters is 1. The van der Waals surface area contributed by atoms with Crippen molar-refractivity contribution in [1.82, 2.24) is 10.2 Å². The van der Waals surface area contributed by atoms with E-state index >= 15 is 0 Å². The number of β-amino-alcohol motifs (C(OH)–C–C–N with tert-alkyl or cyclic N) is 1. The molecule has 14 heavy (non-hydrogen) atoms. The van der Waals surface area contributed by atoms with E-state index in [1.165, 1.54) is 7.11 Å². The van der Waals surface area contributed by atoms with Crippen LogP contribution in [0.15, 0.2) is 0 Å². The Morgan fingerprint density at radius 2 is 2.29 bits per heavy atom. The third-order valence-corrected chi connectivity index (χ3v) is 3.02. The van der Waals surface area contributed by atoms with E-state index in [0.717, 1.165) is 13.1 Å². The van der Waals surface area contributed by atoms with Gasteiger partial charge in [0.2, 0.25) is 0 Å². The number of aliphatic hydroxyl groups excluding tert-OH is 1. The van der Waals surface area contributed by atoms with Crippen LogP contribution in [-0.4, -0.2) is 60.9 Å². The lowest BCUT2D eigenvalue weighted by Gasteiger charge is -2.38. The first-order chi connectivity index (χ1) is 6.72. The normalized spacial score (nSPS) is 34.1. The van der Waals surface area contributed by atoms with E-state index < -0.39 is 0 Å². The molecule has 5 nitrogen and oxygen atoms in total. The maximum absolute atomic E-state index is 11.4. The van der Waals surface area contributed by atoms with Crippen molar-refractivity contribution in [3.8, 4) is 0 Å². The Bertz CT molecular complexity index is 230. The summed E-state index contributed by atoms with van der Waals surface area (Å²) in [5, 5.41) is 12.7. The van der Waals surface area contributed by atoms with Crippen LogP contribution in [0.5, 0.6) is 0 Å². The number of hydrogen-bond acceptors (Lipinski definition) is 5. The highest BCUT2D eigenvalue weighted by Crippen LogP contribution is 2.23. The molecule has 2 fully saturated rings. The number of hydrogen-bond donors (Lipinski definition) is 2. The summed E-state index contributed by atoms with van der Waals surface area (Å²) in [5.41, 5.74) is 0. The minimum absolute atomic E-state index is 0.228. The summed E-state index contributed by atoms with van der Waals surface area (Å²) in [6, 6.07) is 0.137. The standard InChI is InChI=1S/C9H16N2O3/c1-14-9(13)8-2-7(12)5-11(8)6-3-10-4-6/h6-8,10,12H,2-5H2,1H3/t7-,8-/m0/s1. The van der Waals surface area contributed by atoms with Crippen molar-refractivity contribution >= 4 is 5.97 Å². The number of ether oxygens (including phenoxy) is 1. The van der Waals surface area contributed by atoms with Crippen LogP contribution >= 0.6 is 0 Å². The van der Waals surface area contributed by atoms with E-state index in [2.05, 4.69) is 5.32 Å². The molecular weight excluding hydrogens is 184 g/mol. The van der Waals surface area contributed by atoms with Crippen LogP contribution in [-0.2, 0) is 9.53 Å². The van der Waals surface area contributed by atoms with Crippen LogP contribution in [0.25, 0.3) is 0 Å². The average molecular weight is 200 g/mol. The average Bonchev–Trinajstić information content (AvgIpc) is 2.43. The first-order valence-electron chi connectivity index (χ1n) is 4.94. The Morgan fingerprint density at radius 1 is 1.57 bits per heavy atom. The molecule has 0 aliphatic carbocycles. The van der Waals surface area contributed by atoms with E-state index in [-0.39, 0.29) is 18.1 Å². The predicted molar refractivity (Wildman–Crippen MR) is 49.8 cm³/mol. The summed E-state index contributed by atoms with van der Waals surface area (Å²) in [7, 11) is 1.39. The van der Waals surface area contributed by atoms with Crippen molar-refractivity contribution in [3.63, 3.8) is 0 Å². The highest BCUT2D eigenvalue weighted by atomic mass is 16.5. The van der Waals surface area contributed by atoms with Crippen molar-refractivity contribution in [2.24, 2.45) is 0 Å². The first kappa shape index (κ1) is 9.89. The van der Waals surface area contributed by atoms with E-state index in [4.69, 9.17) is 4.74 Å². The quantitative estimate of drug-likeness (QED) is 0.535. The SMILES string of the molecule is COC(=O)[C@@H]1C[C@H](O)CN1C1CNC1. The highest BCUT2D eigenvalue weighted by Gasteiger charge is 2.41. The van der Waals surface area contributed by atoms with E-state index in [9.17, 15) is 9.90 Å². The molecule has 0 aromatic carbocycles. The van der Waals surface area contributed by atoms with Gasteiger partial charge in [0.1, 0.15) is 6.04 Å². The zero-order chi connectivity index (χ0) is 10.1. The largest absolute Gasteiger partial charge is 0.468 e. The molecule has 0 bridgehead atoms. The molecule has 0 aromatic rings. The smallest absolute Gasteiger partial charge is 0.323 e. The lowest BCUT2D eigenvalue weighted by molar-refractivity contribution is -0.147. The van der Waals surface area contributed by atoms with E-state index in [0.29, 0.717) is 19.0 Å². The van der Waals surface area contributed by atoms with Crippen LogP contribution in [0.3, 0.4) is 0 Å². The number of carbonyl (C=O) groups is 1.